The third-order valence-electron chi connectivity index (χ3n) is 4.41. The summed E-state index contributed by atoms with van der Waals surface area (Å²) in [6.07, 6.45) is 1.71. The molecule has 9 nitrogen and oxygen atoms in total. The zero-order chi connectivity index (χ0) is 19.0. The van der Waals surface area contributed by atoms with Crippen molar-refractivity contribution in [3.05, 3.63) is 64.0 Å². The highest BCUT2D eigenvalue weighted by Crippen LogP contribution is 2.38. The minimum absolute atomic E-state index is 0.0277. The van der Waals surface area contributed by atoms with Gasteiger partial charge in [0.15, 0.2) is 0 Å². The number of carbonyl (C=O) groups is 2. The van der Waals surface area contributed by atoms with Crippen LogP contribution in [0.2, 0.25) is 0 Å². The summed E-state index contributed by atoms with van der Waals surface area (Å²) in [7, 11) is 0. The first-order valence-corrected chi connectivity index (χ1v) is 8.51. The Morgan fingerprint density at radius 3 is 2.78 bits per heavy atom. The maximum absolute atomic E-state index is 12.3. The molecule has 27 heavy (non-hydrogen) atoms. The van der Waals surface area contributed by atoms with Crippen LogP contribution in [0.25, 0.3) is 5.69 Å². The molecular formula is C18H17N5O4. The third-order valence-corrected chi connectivity index (χ3v) is 4.41. The Balaban J connectivity index is 1.82. The zero-order valence-electron chi connectivity index (χ0n) is 14.5. The van der Waals surface area contributed by atoms with E-state index in [9.17, 15) is 14.4 Å². The first-order chi connectivity index (χ1) is 13.1. The Hall–Kier alpha value is -3.62. The SMILES string of the molecule is CCOC(=O)c1[nH]c(=O)[nH]c1[C@@H]1CC(=O)Nc2c1cnn2-c1ccccc1. The second-order valence-electron chi connectivity index (χ2n) is 6.09. The van der Waals surface area contributed by atoms with Crippen LogP contribution in [0.1, 0.15) is 41.0 Å². The van der Waals surface area contributed by atoms with Gasteiger partial charge in [0.05, 0.1) is 24.2 Å². The number of amides is 1. The normalized spacial score (nSPS) is 15.9. The largest absolute Gasteiger partial charge is 0.461 e. The predicted octanol–water partition coefficient (Wildman–Crippen LogP) is 1.54. The number of anilines is 1. The van der Waals surface area contributed by atoms with Crippen molar-refractivity contribution < 1.29 is 14.3 Å². The van der Waals surface area contributed by atoms with Gasteiger partial charge in [-0.05, 0) is 19.1 Å². The fourth-order valence-electron chi connectivity index (χ4n) is 3.26. The van der Waals surface area contributed by atoms with Crippen LogP contribution in [-0.2, 0) is 9.53 Å². The van der Waals surface area contributed by atoms with Crippen molar-refractivity contribution in [2.75, 3.05) is 11.9 Å². The lowest BCUT2D eigenvalue weighted by atomic mass is 9.90. The number of hydrogen-bond acceptors (Lipinski definition) is 5. The molecule has 9 heteroatoms. The molecule has 0 fully saturated rings. The number of carbonyl (C=O) groups excluding carboxylic acids is 2. The van der Waals surface area contributed by atoms with Crippen LogP contribution >= 0.6 is 0 Å². The number of H-pyrrole nitrogens is 2. The molecule has 3 aromatic rings. The third kappa shape index (κ3) is 2.92. The smallest absolute Gasteiger partial charge is 0.356 e. The van der Waals surface area contributed by atoms with Gasteiger partial charge in [-0.2, -0.15) is 5.10 Å². The molecule has 138 valence electrons. The highest BCUT2D eigenvalue weighted by molar-refractivity contribution is 5.96. The maximum atomic E-state index is 12.3. The highest BCUT2D eigenvalue weighted by Gasteiger charge is 2.34. The maximum Gasteiger partial charge on any atom is 0.356 e. The second kappa shape index (κ2) is 6.60. The summed E-state index contributed by atoms with van der Waals surface area (Å²) < 4.78 is 6.63. The lowest BCUT2D eigenvalue weighted by Gasteiger charge is -2.23. The molecule has 0 radical (unpaired) electrons. The van der Waals surface area contributed by atoms with Crippen LogP contribution in [0.3, 0.4) is 0 Å². The highest BCUT2D eigenvalue weighted by atomic mass is 16.5. The fourth-order valence-corrected chi connectivity index (χ4v) is 3.26. The number of aromatic amines is 2. The van der Waals surface area contributed by atoms with E-state index in [-0.39, 0.29) is 24.6 Å². The number of hydrogen-bond donors (Lipinski definition) is 3. The van der Waals surface area contributed by atoms with Crippen LogP contribution < -0.4 is 11.0 Å². The molecule has 1 aliphatic heterocycles. The van der Waals surface area contributed by atoms with E-state index in [4.69, 9.17) is 4.74 Å². The molecular weight excluding hydrogens is 350 g/mol. The van der Waals surface area contributed by atoms with Crippen molar-refractivity contribution >= 4 is 17.7 Å². The number of para-hydroxylation sites is 1. The average molecular weight is 367 g/mol. The minimum atomic E-state index is -0.645. The number of imidazole rings is 1. The van der Waals surface area contributed by atoms with Gasteiger partial charge in [-0.15, -0.1) is 0 Å². The number of benzene rings is 1. The lowest BCUT2D eigenvalue weighted by molar-refractivity contribution is -0.116. The van der Waals surface area contributed by atoms with Crippen molar-refractivity contribution in [1.29, 1.82) is 0 Å². The van der Waals surface area contributed by atoms with E-state index in [1.807, 2.05) is 30.3 Å². The number of fused-ring (bicyclic) bond motifs is 1. The first-order valence-electron chi connectivity index (χ1n) is 8.51. The van der Waals surface area contributed by atoms with Crippen LogP contribution in [0.5, 0.6) is 0 Å². The molecule has 2 aromatic heterocycles. The standard InChI is InChI=1S/C18H17N5O4/c1-2-27-17(25)15-14(21-18(26)22-15)11-8-13(24)20-16-12(11)9-19-23(16)10-6-4-3-5-7-10/h3-7,9,11H,2,8H2,1H3,(H,20,24)(H2,21,22,26)/t11-/m1/s1. The van der Waals surface area contributed by atoms with Gasteiger partial charge in [0.25, 0.3) is 0 Å². The summed E-state index contributed by atoms with van der Waals surface area (Å²) in [5, 5.41) is 7.21. The predicted molar refractivity (Wildman–Crippen MR) is 96.0 cm³/mol. The van der Waals surface area contributed by atoms with Crippen molar-refractivity contribution in [3.63, 3.8) is 0 Å². The molecule has 1 aliphatic rings. The van der Waals surface area contributed by atoms with Crippen LogP contribution in [0, 0.1) is 0 Å². The van der Waals surface area contributed by atoms with Gasteiger partial charge < -0.3 is 15.0 Å². The van der Waals surface area contributed by atoms with Gasteiger partial charge in [0, 0.05) is 17.9 Å². The molecule has 3 heterocycles. The molecule has 4 rings (SSSR count). The summed E-state index contributed by atoms with van der Waals surface area (Å²) >= 11 is 0. The number of nitrogens with zero attached hydrogens (tertiary/aromatic N) is 2. The van der Waals surface area contributed by atoms with Gasteiger partial charge in [-0.3, -0.25) is 9.78 Å². The molecule has 1 aromatic carbocycles. The Bertz CT molecular complexity index is 1060. The van der Waals surface area contributed by atoms with Crippen molar-refractivity contribution in [1.82, 2.24) is 19.7 Å². The molecule has 1 amide bonds. The number of nitrogens with one attached hydrogen (secondary N) is 3. The van der Waals surface area contributed by atoms with Gasteiger partial charge in [-0.25, -0.2) is 14.3 Å². The minimum Gasteiger partial charge on any atom is -0.461 e. The summed E-state index contributed by atoms with van der Waals surface area (Å²) in [5.74, 6) is -0.889. The summed E-state index contributed by atoms with van der Waals surface area (Å²) in [4.78, 5) is 41.5. The molecule has 3 N–H and O–H groups in total. The number of ether oxygens (including phenoxy) is 1. The number of rotatable bonds is 4. The first kappa shape index (κ1) is 16.8. The van der Waals surface area contributed by atoms with E-state index >= 15 is 0 Å². The van der Waals surface area contributed by atoms with E-state index in [0.29, 0.717) is 17.1 Å². The average Bonchev–Trinajstić information content (AvgIpc) is 3.25. The van der Waals surface area contributed by atoms with E-state index in [0.717, 1.165) is 5.69 Å². The quantitative estimate of drug-likeness (QED) is 0.604. The van der Waals surface area contributed by atoms with Crippen molar-refractivity contribution in [3.8, 4) is 5.69 Å². The molecule has 0 bridgehead atoms. The topological polar surface area (TPSA) is 122 Å². The van der Waals surface area contributed by atoms with E-state index in [1.54, 1.807) is 17.8 Å². The van der Waals surface area contributed by atoms with Crippen LogP contribution in [0.15, 0.2) is 41.3 Å². The molecule has 0 saturated heterocycles. The Morgan fingerprint density at radius 1 is 1.26 bits per heavy atom. The van der Waals surface area contributed by atoms with E-state index < -0.39 is 17.6 Å². The molecule has 0 saturated carbocycles. The summed E-state index contributed by atoms with van der Waals surface area (Å²) in [6.45, 7) is 1.85. The zero-order valence-corrected chi connectivity index (χ0v) is 14.5. The monoisotopic (exact) mass is 367 g/mol. The van der Waals surface area contributed by atoms with Crippen LogP contribution in [-0.4, -0.2) is 38.2 Å². The van der Waals surface area contributed by atoms with Crippen LogP contribution in [0.4, 0.5) is 5.82 Å². The van der Waals surface area contributed by atoms with Gasteiger partial charge >= 0.3 is 11.7 Å². The molecule has 0 spiro atoms. The van der Waals surface area contributed by atoms with Crippen molar-refractivity contribution in [2.45, 2.75) is 19.3 Å². The number of esters is 1. The Labute approximate surface area is 153 Å². The fraction of sp³-hybridized carbons (Fsp3) is 0.222. The Kier molecular flexibility index (Phi) is 4.11. The Morgan fingerprint density at radius 2 is 2.04 bits per heavy atom. The van der Waals surface area contributed by atoms with Gasteiger partial charge in [0.1, 0.15) is 11.5 Å². The van der Waals surface area contributed by atoms with Crippen molar-refractivity contribution in [2.24, 2.45) is 0 Å². The van der Waals surface area contributed by atoms with E-state index in [1.165, 1.54) is 0 Å². The van der Waals surface area contributed by atoms with E-state index in [2.05, 4.69) is 20.4 Å². The van der Waals surface area contributed by atoms with Gasteiger partial charge in [0.2, 0.25) is 5.91 Å². The molecule has 0 unspecified atom stereocenters. The summed E-state index contributed by atoms with van der Waals surface area (Å²) in [6, 6.07) is 9.36. The van der Waals surface area contributed by atoms with Gasteiger partial charge in [-0.1, -0.05) is 18.2 Å². The molecule has 0 aliphatic carbocycles. The second-order valence-corrected chi connectivity index (χ2v) is 6.09. The number of aromatic nitrogens is 4. The lowest BCUT2D eigenvalue weighted by Crippen LogP contribution is -2.26. The molecule has 1 atom stereocenters. The summed E-state index contributed by atoms with van der Waals surface area (Å²) in [5.41, 5.74) is 1.31.